The number of carbonyl (C=O) groups excluding carboxylic acids is 2. The number of carbonyl (C=O) groups is 3. The molecule has 0 aliphatic heterocycles. The molecule has 0 amide bonds. The lowest BCUT2D eigenvalue weighted by Gasteiger charge is -2.41. The predicted octanol–water partition coefficient (Wildman–Crippen LogP) is 1.62. The maximum absolute atomic E-state index is 12.4. The highest BCUT2D eigenvalue weighted by Gasteiger charge is 2.54. The average Bonchev–Trinajstić information content (AvgIpc) is 2.81. The van der Waals surface area contributed by atoms with Gasteiger partial charge in [-0.05, 0) is 47.5 Å². The van der Waals surface area contributed by atoms with Crippen molar-refractivity contribution in [2.75, 3.05) is 0 Å². The number of hydrogen-bond acceptors (Lipinski definition) is 9. The van der Waals surface area contributed by atoms with Gasteiger partial charge in [0.15, 0.2) is 0 Å². The van der Waals surface area contributed by atoms with Crippen molar-refractivity contribution in [1.29, 1.82) is 0 Å². The molecule has 4 atom stereocenters. The normalized spacial score (nSPS) is 24.3. The molecule has 1 aliphatic rings. The number of phenolic OH excluding ortho intramolecular Hbond substituents is 2. The van der Waals surface area contributed by atoms with Crippen LogP contribution in [0.2, 0.25) is 0 Å². The van der Waals surface area contributed by atoms with E-state index < -0.39 is 54.7 Å². The van der Waals surface area contributed by atoms with E-state index in [2.05, 4.69) is 0 Å². The fraction of sp³-hybridized carbons (Fsp3) is 0.240. The molecule has 35 heavy (non-hydrogen) atoms. The Balaban J connectivity index is 1.71. The Morgan fingerprint density at radius 1 is 0.800 bits per heavy atom. The molecule has 1 saturated carbocycles. The van der Waals surface area contributed by atoms with Gasteiger partial charge in [-0.15, -0.1) is 0 Å². The number of ether oxygens (including phenoxy) is 2. The molecule has 0 radical (unpaired) electrons. The Bertz CT molecular complexity index is 1120. The molecule has 1 aliphatic carbocycles. The van der Waals surface area contributed by atoms with E-state index >= 15 is 0 Å². The van der Waals surface area contributed by atoms with Crippen LogP contribution in [0.4, 0.5) is 0 Å². The van der Waals surface area contributed by atoms with E-state index in [1.807, 2.05) is 0 Å². The van der Waals surface area contributed by atoms with Gasteiger partial charge in [-0.3, -0.25) is 0 Å². The smallest absolute Gasteiger partial charge is 0.348 e. The zero-order valence-electron chi connectivity index (χ0n) is 18.4. The molecule has 2 aromatic carbocycles. The Morgan fingerprint density at radius 2 is 1.29 bits per heavy atom. The molecule has 0 unspecified atom stereocenters. The first-order chi connectivity index (χ1) is 16.6. The molecule has 0 heterocycles. The van der Waals surface area contributed by atoms with Gasteiger partial charge in [0.2, 0.25) is 5.60 Å². The summed E-state index contributed by atoms with van der Waals surface area (Å²) in [6.45, 7) is 0. The third-order valence-electron chi connectivity index (χ3n) is 5.41. The molecule has 5 N–H and O–H groups in total. The van der Waals surface area contributed by atoms with E-state index in [1.165, 1.54) is 48.6 Å². The van der Waals surface area contributed by atoms with Gasteiger partial charge in [0.05, 0.1) is 6.10 Å². The van der Waals surface area contributed by atoms with Gasteiger partial charge in [-0.25, -0.2) is 14.4 Å². The fourth-order valence-corrected chi connectivity index (χ4v) is 3.56. The largest absolute Gasteiger partial charge is 0.508 e. The molecule has 0 spiro atoms. The molecule has 2 aromatic rings. The Morgan fingerprint density at radius 3 is 1.77 bits per heavy atom. The zero-order chi connectivity index (χ0) is 25.6. The first-order valence-electron chi connectivity index (χ1n) is 10.6. The summed E-state index contributed by atoms with van der Waals surface area (Å²) >= 11 is 0. The SMILES string of the molecule is O=C(/C=C\c1ccc(O)cc1)O[C@@H]1C[C@](OC(=O)/C=C/c2ccc(O)cc2)(C(=O)O)C[C@@H](O)[C@H]1O. The van der Waals surface area contributed by atoms with Crippen LogP contribution in [0.3, 0.4) is 0 Å². The molecule has 1 fully saturated rings. The summed E-state index contributed by atoms with van der Waals surface area (Å²) in [6, 6.07) is 11.8. The summed E-state index contributed by atoms with van der Waals surface area (Å²) in [4.78, 5) is 36.7. The van der Waals surface area contributed by atoms with Crippen molar-refractivity contribution >= 4 is 30.1 Å². The Labute approximate surface area is 200 Å². The highest BCUT2D eigenvalue weighted by molar-refractivity contribution is 5.91. The number of carboxylic acid groups (broad SMARTS) is 1. The highest BCUT2D eigenvalue weighted by Crippen LogP contribution is 2.35. The van der Waals surface area contributed by atoms with Crippen LogP contribution in [-0.4, -0.2) is 67.4 Å². The van der Waals surface area contributed by atoms with Crippen LogP contribution in [0.25, 0.3) is 12.2 Å². The summed E-state index contributed by atoms with van der Waals surface area (Å²) in [5, 5.41) is 48.9. The number of benzene rings is 2. The summed E-state index contributed by atoms with van der Waals surface area (Å²) in [5.41, 5.74) is -1.14. The van der Waals surface area contributed by atoms with Gasteiger partial charge < -0.3 is 35.0 Å². The molecule has 10 nitrogen and oxygen atoms in total. The number of phenols is 2. The molecule has 3 rings (SSSR count). The van der Waals surface area contributed by atoms with Crippen LogP contribution in [0.15, 0.2) is 60.7 Å². The molecule has 0 aromatic heterocycles. The van der Waals surface area contributed by atoms with Gasteiger partial charge >= 0.3 is 17.9 Å². The Kier molecular flexibility index (Phi) is 7.90. The van der Waals surface area contributed by atoms with E-state index in [0.29, 0.717) is 11.1 Å². The third kappa shape index (κ3) is 6.69. The monoisotopic (exact) mass is 484 g/mol. The molecular weight excluding hydrogens is 460 g/mol. The maximum atomic E-state index is 12.4. The van der Waals surface area contributed by atoms with Crippen LogP contribution in [-0.2, 0) is 23.9 Å². The lowest BCUT2D eigenvalue weighted by Crippen LogP contribution is -2.58. The van der Waals surface area contributed by atoms with Crippen LogP contribution in [0, 0.1) is 0 Å². The fourth-order valence-electron chi connectivity index (χ4n) is 3.56. The van der Waals surface area contributed by atoms with Gasteiger partial charge in [0.1, 0.15) is 23.7 Å². The second-order valence-electron chi connectivity index (χ2n) is 8.01. The van der Waals surface area contributed by atoms with Crippen molar-refractivity contribution in [2.45, 2.75) is 36.8 Å². The second kappa shape index (κ2) is 10.9. The molecule has 0 saturated heterocycles. The van der Waals surface area contributed by atoms with Crippen LogP contribution in [0.5, 0.6) is 11.5 Å². The number of aromatic hydroxyl groups is 2. The summed E-state index contributed by atoms with van der Waals surface area (Å²) in [7, 11) is 0. The number of aliphatic carboxylic acids is 1. The van der Waals surface area contributed by atoms with Crippen LogP contribution < -0.4 is 0 Å². The van der Waals surface area contributed by atoms with E-state index in [1.54, 1.807) is 12.1 Å². The number of rotatable bonds is 7. The lowest BCUT2D eigenvalue weighted by molar-refractivity contribution is -0.207. The van der Waals surface area contributed by atoms with E-state index in [4.69, 9.17) is 9.47 Å². The number of aliphatic hydroxyl groups is 2. The minimum atomic E-state index is -2.25. The minimum Gasteiger partial charge on any atom is -0.508 e. The third-order valence-corrected chi connectivity index (χ3v) is 5.41. The Hall–Kier alpha value is -4.15. The van der Waals surface area contributed by atoms with Crippen molar-refractivity contribution in [1.82, 2.24) is 0 Å². The van der Waals surface area contributed by atoms with Gasteiger partial charge in [0, 0.05) is 25.0 Å². The number of esters is 2. The summed E-state index contributed by atoms with van der Waals surface area (Å²) in [5.74, 6) is -3.45. The van der Waals surface area contributed by atoms with Crippen LogP contribution in [0.1, 0.15) is 24.0 Å². The maximum Gasteiger partial charge on any atom is 0.348 e. The molecule has 184 valence electrons. The lowest BCUT2D eigenvalue weighted by atomic mass is 9.79. The first-order valence-corrected chi connectivity index (χ1v) is 10.6. The summed E-state index contributed by atoms with van der Waals surface area (Å²) in [6.07, 6.45) is -1.17. The average molecular weight is 484 g/mol. The molecule has 0 bridgehead atoms. The highest BCUT2D eigenvalue weighted by atomic mass is 16.6. The number of hydrogen-bond donors (Lipinski definition) is 5. The summed E-state index contributed by atoms with van der Waals surface area (Å²) < 4.78 is 10.3. The van der Waals surface area contributed by atoms with Gasteiger partial charge in [0.25, 0.3) is 0 Å². The minimum absolute atomic E-state index is 0.0304. The van der Waals surface area contributed by atoms with Gasteiger partial charge in [-0.1, -0.05) is 24.3 Å². The van der Waals surface area contributed by atoms with Crippen molar-refractivity contribution in [3.05, 3.63) is 71.8 Å². The van der Waals surface area contributed by atoms with Crippen molar-refractivity contribution in [2.24, 2.45) is 0 Å². The van der Waals surface area contributed by atoms with Crippen LogP contribution >= 0.6 is 0 Å². The zero-order valence-corrected chi connectivity index (χ0v) is 18.4. The first kappa shape index (κ1) is 25.5. The molecule has 10 heteroatoms. The second-order valence-corrected chi connectivity index (χ2v) is 8.01. The van der Waals surface area contributed by atoms with Crippen molar-refractivity contribution in [3.8, 4) is 11.5 Å². The topological polar surface area (TPSA) is 171 Å². The quantitative estimate of drug-likeness (QED) is 0.287. The van der Waals surface area contributed by atoms with E-state index in [9.17, 15) is 39.9 Å². The van der Waals surface area contributed by atoms with Crippen molar-refractivity contribution in [3.63, 3.8) is 0 Å². The number of carboxylic acids is 1. The van der Waals surface area contributed by atoms with Gasteiger partial charge in [-0.2, -0.15) is 0 Å². The standard InChI is InChI=1S/C25H24O10/c26-17-7-1-15(2-8-17)5-11-21(29)34-20-14-25(24(32)33,13-19(28)23(20)31)35-22(30)12-6-16-3-9-18(27)10-4-16/h1-12,19-20,23,26-28,31H,13-14H2,(H,32,33)/b11-5-,12-6+/t19-,20-,23-,25+/m1/s1. The predicted molar refractivity (Wildman–Crippen MR) is 122 cm³/mol. The number of aliphatic hydroxyl groups excluding tert-OH is 2. The van der Waals surface area contributed by atoms with Crippen molar-refractivity contribution < 1.29 is 49.4 Å². The molecular formula is C25H24O10. The van der Waals surface area contributed by atoms with E-state index in [-0.39, 0.29) is 11.5 Å². The van der Waals surface area contributed by atoms with E-state index in [0.717, 1.165) is 12.2 Å².